The fourth-order valence-electron chi connectivity index (χ4n) is 2.18. The molecular formula is C16H13ClN2O2. The molecule has 0 spiro atoms. The highest BCUT2D eigenvalue weighted by Crippen LogP contribution is 2.33. The average molecular weight is 301 g/mol. The molecule has 106 valence electrons. The van der Waals surface area contributed by atoms with Crippen molar-refractivity contribution in [2.75, 3.05) is 14.2 Å². The third kappa shape index (κ3) is 2.62. The van der Waals surface area contributed by atoms with E-state index in [1.54, 1.807) is 20.4 Å². The van der Waals surface area contributed by atoms with E-state index in [2.05, 4.69) is 9.97 Å². The van der Waals surface area contributed by atoms with Crippen LogP contribution in [-0.2, 0) is 0 Å². The number of halogens is 1. The first-order chi connectivity index (χ1) is 10.2. The molecule has 3 aromatic rings. The van der Waals surface area contributed by atoms with Gasteiger partial charge in [-0.3, -0.25) is 4.98 Å². The van der Waals surface area contributed by atoms with E-state index < -0.39 is 0 Å². The lowest BCUT2D eigenvalue weighted by molar-refractivity contribution is 0.355. The molecule has 0 aliphatic rings. The second-order valence-corrected chi connectivity index (χ2v) is 4.85. The van der Waals surface area contributed by atoms with Crippen molar-refractivity contribution in [1.29, 1.82) is 0 Å². The predicted octanol–water partition coefficient (Wildman–Crippen LogP) is 3.97. The molecule has 2 aromatic carbocycles. The Morgan fingerprint density at radius 2 is 1.57 bits per heavy atom. The van der Waals surface area contributed by atoms with Crippen LogP contribution in [0.5, 0.6) is 11.5 Å². The lowest BCUT2D eigenvalue weighted by atomic mass is 10.0. The van der Waals surface area contributed by atoms with Crippen molar-refractivity contribution in [2.45, 2.75) is 0 Å². The van der Waals surface area contributed by atoms with Gasteiger partial charge < -0.3 is 9.47 Å². The first-order valence-corrected chi connectivity index (χ1v) is 6.74. The molecule has 0 aliphatic carbocycles. The zero-order valence-electron chi connectivity index (χ0n) is 11.6. The summed E-state index contributed by atoms with van der Waals surface area (Å²) in [6.45, 7) is 0. The van der Waals surface area contributed by atoms with Crippen molar-refractivity contribution < 1.29 is 9.47 Å². The van der Waals surface area contributed by atoms with Crippen molar-refractivity contribution in [3.63, 3.8) is 0 Å². The summed E-state index contributed by atoms with van der Waals surface area (Å²) >= 11 is 5.89. The highest BCUT2D eigenvalue weighted by molar-refractivity contribution is 6.29. The van der Waals surface area contributed by atoms with E-state index in [1.165, 1.54) is 0 Å². The van der Waals surface area contributed by atoms with Crippen LogP contribution in [0.1, 0.15) is 0 Å². The van der Waals surface area contributed by atoms with Crippen LogP contribution in [0.4, 0.5) is 0 Å². The highest BCUT2D eigenvalue weighted by Gasteiger charge is 2.07. The Kier molecular flexibility index (Phi) is 3.62. The Morgan fingerprint density at radius 1 is 0.857 bits per heavy atom. The van der Waals surface area contributed by atoms with E-state index in [0.29, 0.717) is 16.7 Å². The maximum atomic E-state index is 5.89. The molecule has 0 atom stereocenters. The summed E-state index contributed by atoms with van der Waals surface area (Å²) in [7, 11) is 3.23. The van der Waals surface area contributed by atoms with Crippen molar-refractivity contribution in [3.05, 3.63) is 47.7 Å². The molecule has 0 radical (unpaired) electrons. The van der Waals surface area contributed by atoms with Crippen molar-refractivity contribution in [1.82, 2.24) is 9.97 Å². The first kappa shape index (κ1) is 13.6. The van der Waals surface area contributed by atoms with Gasteiger partial charge in [-0.1, -0.05) is 23.7 Å². The van der Waals surface area contributed by atoms with Gasteiger partial charge in [0.15, 0.2) is 11.5 Å². The SMILES string of the molecule is COc1ccc(-c2ccc3ncc(Cl)nc3c2)cc1OC. The van der Waals surface area contributed by atoms with Gasteiger partial charge >= 0.3 is 0 Å². The summed E-state index contributed by atoms with van der Waals surface area (Å²) in [6, 6.07) is 11.6. The Balaban J connectivity index is 2.11. The number of hydrogen-bond acceptors (Lipinski definition) is 4. The number of rotatable bonds is 3. The van der Waals surface area contributed by atoms with E-state index in [-0.39, 0.29) is 0 Å². The minimum Gasteiger partial charge on any atom is -0.493 e. The van der Waals surface area contributed by atoms with Gasteiger partial charge in [0, 0.05) is 0 Å². The number of nitrogens with zero attached hydrogens (tertiary/aromatic N) is 2. The number of aromatic nitrogens is 2. The molecule has 0 N–H and O–H groups in total. The van der Waals surface area contributed by atoms with Gasteiger partial charge in [0.25, 0.3) is 0 Å². The second kappa shape index (κ2) is 5.58. The minimum absolute atomic E-state index is 0.381. The van der Waals surface area contributed by atoms with Crippen LogP contribution in [-0.4, -0.2) is 24.2 Å². The van der Waals surface area contributed by atoms with Crippen molar-refractivity contribution in [3.8, 4) is 22.6 Å². The third-order valence-corrected chi connectivity index (χ3v) is 3.41. The Labute approximate surface area is 127 Å². The van der Waals surface area contributed by atoms with Gasteiger partial charge in [-0.05, 0) is 35.4 Å². The summed E-state index contributed by atoms with van der Waals surface area (Å²) in [5.74, 6) is 1.39. The molecule has 3 rings (SSSR count). The zero-order valence-corrected chi connectivity index (χ0v) is 12.4. The summed E-state index contributed by atoms with van der Waals surface area (Å²) in [6.07, 6.45) is 1.54. The molecule has 0 saturated carbocycles. The van der Waals surface area contributed by atoms with Crippen LogP contribution in [0.2, 0.25) is 5.15 Å². The Bertz CT molecular complexity index is 805. The zero-order chi connectivity index (χ0) is 14.8. The molecule has 0 amide bonds. The molecule has 0 unspecified atom stereocenters. The van der Waals surface area contributed by atoms with Crippen LogP contribution in [0.25, 0.3) is 22.2 Å². The molecule has 0 saturated heterocycles. The summed E-state index contributed by atoms with van der Waals surface area (Å²) in [4.78, 5) is 8.52. The smallest absolute Gasteiger partial charge is 0.161 e. The van der Waals surface area contributed by atoms with Gasteiger partial charge in [-0.15, -0.1) is 0 Å². The normalized spacial score (nSPS) is 10.6. The van der Waals surface area contributed by atoms with E-state index in [0.717, 1.165) is 22.2 Å². The van der Waals surface area contributed by atoms with E-state index in [4.69, 9.17) is 21.1 Å². The molecule has 0 aliphatic heterocycles. The summed E-state index contributed by atoms with van der Waals surface area (Å²) in [5, 5.41) is 0.381. The summed E-state index contributed by atoms with van der Waals surface area (Å²) < 4.78 is 10.6. The second-order valence-electron chi connectivity index (χ2n) is 4.47. The lowest BCUT2D eigenvalue weighted by Crippen LogP contribution is -1.91. The fraction of sp³-hybridized carbons (Fsp3) is 0.125. The molecule has 1 heterocycles. The number of hydrogen-bond donors (Lipinski definition) is 0. The monoisotopic (exact) mass is 300 g/mol. The van der Waals surface area contributed by atoms with Crippen LogP contribution >= 0.6 is 11.6 Å². The first-order valence-electron chi connectivity index (χ1n) is 6.36. The molecule has 0 fully saturated rings. The van der Waals surface area contributed by atoms with Gasteiger partial charge in [-0.2, -0.15) is 0 Å². The topological polar surface area (TPSA) is 44.2 Å². The quantitative estimate of drug-likeness (QED) is 0.734. The molecule has 5 heteroatoms. The molecule has 21 heavy (non-hydrogen) atoms. The van der Waals surface area contributed by atoms with Gasteiger partial charge in [-0.25, -0.2) is 4.98 Å². The minimum atomic E-state index is 0.381. The van der Waals surface area contributed by atoms with Gasteiger partial charge in [0.1, 0.15) is 5.15 Å². The number of fused-ring (bicyclic) bond motifs is 1. The number of benzene rings is 2. The molecule has 0 bridgehead atoms. The summed E-state index contributed by atoms with van der Waals surface area (Å²) in [5.41, 5.74) is 3.59. The third-order valence-electron chi connectivity index (χ3n) is 3.23. The van der Waals surface area contributed by atoms with Crippen LogP contribution in [0.3, 0.4) is 0 Å². The molecular weight excluding hydrogens is 288 g/mol. The van der Waals surface area contributed by atoms with Crippen LogP contribution < -0.4 is 9.47 Å². The average Bonchev–Trinajstić information content (AvgIpc) is 2.53. The van der Waals surface area contributed by atoms with E-state index >= 15 is 0 Å². The maximum Gasteiger partial charge on any atom is 0.161 e. The van der Waals surface area contributed by atoms with Gasteiger partial charge in [0.2, 0.25) is 0 Å². The maximum absolute atomic E-state index is 5.89. The van der Waals surface area contributed by atoms with Crippen LogP contribution in [0.15, 0.2) is 42.6 Å². The number of ether oxygens (including phenoxy) is 2. The van der Waals surface area contributed by atoms with E-state index in [9.17, 15) is 0 Å². The van der Waals surface area contributed by atoms with Crippen molar-refractivity contribution in [2.24, 2.45) is 0 Å². The predicted molar refractivity (Wildman–Crippen MR) is 83.1 cm³/mol. The van der Waals surface area contributed by atoms with Gasteiger partial charge in [0.05, 0.1) is 31.4 Å². The highest BCUT2D eigenvalue weighted by atomic mass is 35.5. The van der Waals surface area contributed by atoms with Crippen LogP contribution in [0, 0.1) is 0 Å². The Morgan fingerprint density at radius 3 is 2.33 bits per heavy atom. The standard InChI is InChI=1S/C16H13ClN2O2/c1-20-14-6-4-11(8-15(14)21-2)10-3-5-12-13(7-10)19-16(17)9-18-12/h3-9H,1-2H3. The Hall–Kier alpha value is -2.33. The van der Waals surface area contributed by atoms with Crippen molar-refractivity contribution >= 4 is 22.6 Å². The lowest BCUT2D eigenvalue weighted by Gasteiger charge is -2.10. The molecule has 4 nitrogen and oxygen atoms in total. The van der Waals surface area contributed by atoms with E-state index in [1.807, 2.05) is 36.4 Å². The largest absolute Gasteiger partial charge is 0.493 e. The molecule has 1 aromatic heterocycles. The fourth-order valence-corrected chi connectivity index (χ4v) is 2.32. The number of methoxy groups -OCH3 is 2.